The molecule has 0 atom stereocenters. The van der Waals surface area contributed by atoms with Gasteiger partial charge in [0.2, 0.25) is 0 Å². The number of hydrogen-bond donors (Lipinski definition) is 4. The molecule has 7 nitrogen and oxygen atoms in total. The summed E-state index contributed by atoms with van der Waals surface area (Å²) >= 11 is 0. The van der Waals surface area contributed by atoms with Gasteiger partial charge in [-0.2, -0.15) is 0 Å². The highest BCUT2D eigenvalue weighted by Crippen LogP contribution is 2.38. The Morgan fingerprint density at radius 2 is 1.48 bits per heavy atom. The van der Waals surface area contributed by atoms with E-state index in [4.69, 9.17) is 0 Å². The number of phenolic OH excluding ortho intramolecular Hbond substituents is 3. The van der Waals surface area contributed by atoms with Gasteiger partial charge in [0.15, 0.2) is 17.3 Å². The number of aromatic hydroxyl groups is 3. The van der Waals surface area contributed by atoms with E-state index >= 15 is 0 Å². The van der Waals surface area contributed by atoms with Crippen LogP contribution in [0.25, 0.3) is 6.08 Å². The summed E-state index contributed by atoms with van der Waals surface area (Å²) in [6.07, 6.45) is 2.56. The Kier molecular flexibility index (Phi) is 5.56. The molecule has 0 spiro atoms. The summed E-state index contributed by atoms with van der Waals surface area (Å²) in [7, 11) is -4.05. The number of nitrogens with one attached hydrogen (secondary N) is 1. The monoisotopic (exact) mass is 411 g/mol. The minimum atomic E-state index is -4.05. The maximum Gasteiger partial charge on any atom is 0.262 e. The molecule has 0 unspecified atom stereocenters. The van der Waals surface area contributed by atoms with E-state index in [2.05, 4.69) is 4.72 Å². The predicted octanol–water partition coefficient (Wildman–Crippen LogP) is 3.50. The van der Waals surface area contributed by atoms with E-state index in [-0.39, 0.29) is 27.7 Å². The zero-order chi connectivity index (χ0) is 21.0. The molecule has 0 heterocycles. The first kappa shape index (κ1) is 20.0. The van der Waals surface area contributed by atoms with Gasteiger partial charge in [0.1, 0.15) is 5.75 Å². The highest BCUT2D eigenvalue weighted by molar-refractivity contribution is 7.92. The minimum absolute atomic E-state index is 0.0920. The van der Waals surface area contributed by atoms with Gasteiger partial charge in [0.05, 0.1) is 10.6 Å². The number of benzene rings is 3. The van der Waals surface area contributed by atoms with Gasteiger partial charge in [-0.25, -0.2) is 8.42 Å². The third-order valence-electron chi connectivity index (χ3n) is 4.05. The third kappa shape index (κ3) is 4.56. The normalized spacial score (nSPS) is 11.4. The fraction of sp³-hybridized carbons (Fsp3) is 0. The van der Waals surface area contributed by atoms with Crippen LogP contribution in [0.1, 0.15) is 15.9 Å². The van der Waals surface area contributed by atoms with Gasteiger partial charge >= 0.3 is 0 Å². The summed E-state index contributed by atoms with van der Waals surface area (Å²) in [5.74, 6) is -1.64. The first-order valence-corrected chi connectivity index (χ1v) is 9.90. The smallest absolute Gasteiger partial charge is 0.262 e. The van der Waals surface area contributed by atoms with Crippen molar-refractivity contribution in [3.8, 4) is 17.2 Å². The summed E-state index contributed by atoms with van der Waals surface area (Å²) in [5, 5.41) is 29.6. The molecule has 3 aromatic carbocycles. The van der Waals surface area contributed by atoms with Crippen LogP contribution in [0.4, 0.5) is 5.69 Å². The Morgan fingerprint density at radius 1 is 0.828 bits per heavy atom. The number of hydrogen-bond acceptors (Lipinski definition) is 6. The Hall–Kier alpha value is -3.78. The van der Waals surface area contributed by atoms with Gasteiger partial charge in [-0.15, -0.1) is 0 Å². The minimum Gasteiger partial charge on any atom is -0.508 e. The quantitative estimate of drug-likeness (QED) is 0.280. The molecule has 8 heteroatoms. The van der Waals surface area contributed by atoms with Gasteiger partial charge < -0.3 is 15.3 Å². The largest absolute Gasteiger partial charge is 0.508 e. The highest BCUT2D eigenvalue weighted by Gasteiger charge is 2.18. The number of carbonyl (C=O) groups is 1. The van der Waals surface area contributed by atoms with Gasteiger partial charge in [-0.05, 0) is 48.6 Å². The Morgan fingerprint density at radius 3 is 2.14 bits per heavy atom. The fourth-order valence-corrected chi connectivity index (χ4v) is 3.57. The van der Waals surface area contributed by atoms with E-state index in [1.807, 2.05) is 0 Å². The van der Waals surface area contributed by atoms with Gasteiger partial charge in [-0.1, -0.05) is 30.3 Å². The lowest BCUT2D eigenvalue weighted by atomic mass is 10.1. The van der Waals surface area contributed by atoms with Crippen molar-refractivity contribution in [3.05, 3.63) is 83.9 Å². The zero-order valence-electron chi connectivity index (χ0n) is 15.0. The Bertz CT molecular complexity index is 1170. The van der Waals surface area contributed by atoms with Crippen molar-refractivity contribution in [1.29, 1.82) is 0 Å². The summed E-state index contributed by atoms with van der Waals surface area (Å²) in [4.78, 5) is 12.0. The second-order valence-corrected chi connectivity index (χ2v) is 7.74. The second-order valence-electron chi connectivity index (χ2n) is 6.06. The van der Waals surface area contributed by atoms with E-state index in [9.17, 15) is 28.5 Å². The third-order valence-corrected chi connectivity index (χ3v) is 5.43. The van der Waals surface area contributed by atoms with Crippen LogP contribution < -0.4 is 4.72 Å². The molecule has 4 N–H and O–H groups in total. The number of sulfonamides is 1. The summed E-state index contributed by atoms with van der Waals surface area (Å²) < 4.78 is 26.9. The lowest BCUT2D eigenvalue weighted by Gasteiger charge is -2.12. The van der Waals surface area contributed by atoms with Crippen LogP contribution in [-0.2, 0) is 10.0 Å². The first-order valence-electron chi connectivity index (χ1n) is 8.42. The summed E-state index contributed by atoms with van der Waals surface area (Å²) in [5.41, 5.74) is 0.368. The lowest BCUT2D eigenvalue weighted by Crippen LogP contribution is -2.13. The molecule has 3 aromatic rings. The van der Waals surface area contributed by atoms with Crippen molar-refractivity contribution in [2.75, 3.05) is 4.72 Å². The molecular formula is C21H17NO6S. The van der Waals surface area contributed by atoms with Crippen LogP contribution in [-0.4, -0.2) is 29.5 Å². The van der Waals surface area contributed by atoms with Gasteiger partial charge in [-0.3, -0.25) is 9.52 Å². The molecular weight excluding hydrogens is 394 g/mol. The second kappa shape index (κ2) is 8.07. The topological polar surface area (TPSA) is 124 Å². The van der Waals surface area contributed by atoms with Crippen molar-refractivity contribution in [2.24, 2.45) is 0 Å². The average Bonchev–Trinajstić information content (AvgIpc) is 2.71. The zero-order valence-corrected chi connectivity index (χ0v) is 15.8. The van der Waals surface area contributed by atoms with Crippen LogP contribution >= 0.6 is 0 Å². The molecule has 0 fully saturated rings. The van der Waals surface area contributed by atoms with Crippen LogP contribution in [0.15, 0.2) is 77.7 Å². The van der Waals surface area contributed by atoms with Crippen molar-refractivity contribution in [1.82, 2.24) is 0 Å². The van der Waals surface area contributed by atoms with E-state index < -0.39 is 21.5 Å². The molecule has 3 rings (SSSR count). The molecule has 0 aromatic heterocycles. The SMILES string of the molecule is O=C(C=Cc1ccc(NS(=O)(=O)c2ccc(O)cc2)c(O)c1O)c1ccccc1. The molecule has 148 valence electrons. The summed E-state index contributed by atoms with van der Waals surface area (Å²) in [6.45, 7) is 0. The molecule has 0 amide bonds. The van der Waals surface area contributed by atoms with Crippen LogP contribution in [0.3, 0.4) is 0 Å². The van der Waals surface area contributed by atoms with Crippen LogP contribution in [0.2, 0.25) is 0 Å². The van der Waals surface area contributed by atoms with E-state index in [0.29, 0.717) is 5.56 Å². The molecule has 0 radical (unpaired) electrons. The number of phenols is 3. The number of rotatable bonds is 6. The van der Waals surface area contributed by atoms with Gasteiger partial charge in [0, 0.05) is 11.1 Å². The number of anilines is 1. The molecule has 0 saturated carbocycles. The van der Waals surface area contributed by atoms with Crippen LogP contribution in [0.5, 0.6) is 17.2 Å². The highest BCUT2D eigenvalue weighted by atomic mass is 32.2. The Labute approximate surface area is 167 Å². The standard InChI is InChI=1S/C21H17NO6S/c23-16-8-10-17(11-9-16)29(27,28)22-18-12-6-15(20(25)21(18)26)7-13-19(24)14-4-2-1-3-5-14/h1-13,22-23,25-26H. The van der Waals surface area contributed by atoms with Crippen molar-refractivity contribution < 1.29 is 28.5 Å². The van der Waals surface area contributed by atoms with Crippen molar-refractivity contribution >= 4 is 27.6 Å². The first-order chi connectivity index (χ1) is 13.8. The maximum absolute atomic E-state index is 12.4. The Balaban J connectivity index is 1.83. The lowest BCUT2D eigenvalue weighted by molar-refractivity contribution is 0.104. The fourth-order valence-electron chi connectivity index (χ4n) is 2.51. The van der Waals surface area contributed by atoms with E-state index in [0.717, 1.165) is 0 Å². The predicted molar refractivity (Wildman–Crippen MR) is 108 cm³/mol. The molecule has 0 saturated heterocycles. The van der Waals surface area contributed by atoms with E-state index in [1.165, 1.54) is 48.6 Å². The number of allylic oxidation sites excluding steroid dienone is 1. The van der Waals surface area contributed by atoms with Crippen molar-refractivity contribution in [3.63, 3.8) is 0 Å². The number of ketones is 1. The summed E-state index contributed by atoms with van der Waals surface area (Å²) in [6, 6.07) is 15.9. The van der Waals surface area contributed by atoms with Gasteiger partial charge in [0.25, 0.3) is 10.0 Å². The maximum atomic E-state index is 12.4. The average molecular weight is 411 g/mol. The molecule has 0 bridgehead atoms. The molecule has 0 aliphatic carbocycles. The van der Waals surface area contributed by atoms with E-state index in [1.54, 1.807) is 30.3 Å². The van der Waals surface area contributed by atoms with Crippen LogP contribution in [0, 0.1) is 0 Å². The number of carbonyl (C=O) groups excluding carboxylic acids is 1. The molecule has 0 aliphatic rings. The molecule has 0 aliphatic heterocycles. The van der Waals surface area contributed by atoms with Crippen molar-refractivity contribution in [2.45, 2.75) is 4.90 Å². The molecule has 29 heavy (non-hydrogen) atoms.